The summed E-state index contributed by atoms with van der Waals surface area (Å²) in [5, 5.41) is 17.4. The van der Waals surface area contributed by atoms with E-state index >= 15 is 0 Å². The molecule has 2 aromatic carbocycles. The Kier molecular flexibility index (Phi) is 4.07. The van der Waals surface area contributed by atoms with E-state index in [9.17, 15) is 9.90 Å². The number of aliphatic hydroxyl groups excluding tert-OH is 1. The van der Waals surface area contributed by atoms with Crippen molar-refractivity contribution in [3.05, 3.63) is 83.7 Å². The fraction of sp³-hybridized carbons (Fsp3) is 0.200. The molecule has 0 bridgehead atoms. The smallest absolute Gasteiger partial charge is 0.224 e. The Morgan fingerprint density at radius 1 is 1.16 bits per heavy atom. The highest BCUT2D eigenvalue weighted by Crippen LogP contribution is 2.31. The van der Waals surface area contributed by atoms with Crippen LogP contribution in [-0.4, -0.2) is 26.9 Å². The third-order valence-electron chi connectivity index (χ3n) is 4.59. The van der Waals surface area contributed by atoms with Gasteiger partial charge in [0.05, 0.1) is 24.3 Å². The van der Waals surface area contributed by atoms with Crippen LogP contribution < -0.4 is 5.32 Å². The molecule has 1 aliphatic rings. The van der Waals surface area contributed by atoms with Crippen LogP contribution >= 0.6 is 0 Å². The maximum absolute atomic E-state index is 12.4. The molecule has 1 aliphatic carbocycles. The topological polar surface area (TPSA) is 67.2 Å². The predicted octanol–water partition coefficient (Wildman–Crippen LogP) is 2.19. The van der Waals surface area contributed by atoms with Gasteiger partial charge >= 0.3 is 0 Å². The SMILES string of the molecule is O=C(Cc1ccc(-n2cccn2)cc1)N[C@@H]1c2ccccc2C[C@@H]1O. The quantitative estimate of drug-likeness (QED) is 0.769. The van der Waals surface area contributed by atoms with Crippen molar-refractivity contribution in [3.8, 4) is 5.69 Å². The number of aromatic nitrogens is 2. The van der Waals surface area contributed by atoms with Crippen molar-refractivity contribution in [1.82, 2.24) is 15.1 Å². The van der Waals surface area contributed by atoms with Gasteiger partial charge in [-0.2, -0.15) is 5.10 Å². The molecular weight excluding hydrogens is 314 g/mol. The van der Waals surface area contributed by atoms with Crippen molar-refractivity contribution < 1.29 is 9.90 Å². The largest absolute Gasteiger partial charge is 0.390 e. The van der Waals surface area contributed by atoms with Gasteiger partial charge in [-0.15, -0.1) is 0 Å². The molecule has 2 atom stereocenters. The molecule has 5 heteroatoms. The third kappa shape index (κ3) is 3.19. The highest BCUT2D eigenvalue weighted by Gasteiger charge is 2.31. The van der Waals surface area contributed by atoms with E-state index < -0.39 is 6.10 Å². The Labute approximate surface area is 145 Å². The van der Waals surface area contributed by atoms with Gasteiger partial charge in [-0.1, -0.05) is 36.4 Å². The van der Waals surface area contributed by atoms with Crippen molar-refractivity contribution in [2.75, 3.05) is 0 Å². The van der Waals surface area contributed by atoms with E-state index in [1.165, 1.54) is 0 Å². The molecule has 2 N–H and O–H groups in total. The molecule has 0 unspecified atom stereocenters. The van der Waals surface area contributed by atoms with Crippen LogP contribution in [0.25, 0.3) is 5.69 Å². The third-order valence-corrected chi connectivity index (χ3v) is 4.59. The molecule has 0 aliphatic heterocycles. The number of fused-ring (bicyclic) bond motifs is 1. The number of carbonyl (C=O) groups excluding carboxylic acids is 1. The number of hydrogen-bond acceptors (Lipinski definition) is 3. The zero-order valence-corrected chi connectivity index (χ0v) is 13.7. The molecule has 5 nitrogen and oxygen atoms in total. The van der Waals surface area contributed by atoms with Gasteiger partial charge in [0.25, 0.3) is 0 Å². The van der Waals surface area contributed by atoms with Crippen molar-refractivity contribution in [1.29, 1.82) is 0 Å². The van der Waals surface area contributed by atoms with Gasteiger partial charge in [-0.25, -0.2) is 4.68 Å². The average Bonchev–Trinajstić information content (AvgIpc) is 3.25. The minimum Gasteiger partial charge on any atom is -0.390 e. The summed E-state index contributed by atoms with van der Waals surface area (Å²) in [5.41, 5.74) is 3.99. The number of benzene rings is 2. The monoisotopic (exact) mass is 333 g/mol. The summed E-state index contributed by atoms with van der Waals surface area (Å²) in [6, 6.07) is 17.1. The first-order valence-corrected chi connectivity index (χ1v) is 8.35. The molecule has 0 spiro atoms. The second-order valence-corrected chi connectivity index (χ2v) is 6.31. The second-order valence-electron chi connectivity index (χ2n) is 6.31. The number of hydrogen-bond donors (Lipinski definition) is 2. The minimum atomic E-state index is -0.566. The Bertz CT molecular complexity index is 872. The summed E-state index contributed by atoms with van der Waals surface area (Å²) in [5.74, 6) is -0.0902. The van der Waals surface area contributed by atoms with E-state index in [2.05, 4.69) is 10.4 Å². The maximum Gasteiger partial charge on any atom is 0.224 e. The van der Waals surface area contributed by atoms with Crippen LogP contribution in [0.2, 0.25) is 0 Å². The van der Waals surface area contributed by atoms with Crippen LogP contribution in [0.1, 0.15) is 22.7 Å². The molecule has 0 saturated heterocycles. The molecule has 4 rings (SSSR count). The first-order chi connectivity index (χ1) is 12.2. The van der Waals surface area contributed by atoms with Gasteiger partial charge in [-0.3, -0.25) is 4.79 Å². The number of rotatable bonds is 4. The molecule has 0 radical (unpaired) electrons. The molecule has 25 heavy (non-hydrogen) atoms. The fourth-order valence-corrected chi connectivity index (χ4v) is 3.35. The molecule has 1 heterocycles. The van der Waals surface area contributed by atoms with Crippen molar-refractivity contribution in [2.24, 2.45) is 0 Å². The van der Waals surface area contributed by atoms with Crippen molar-refractivity contribution in [3.63, 3.8) is 0 Å². The Morgan fingerprint density at radius 2 is 1.96 bits per heavy atom. The van der Waals surface area contributed by atoms with E-state index in [1.807, 2.05) is 60.8 Å². The Balaban J connectivity index is 1.42. The summed E-state index contributed by atoms with van der Waals surface area (Å²) in [6.07, 6.45) is 3.90. The standard InChI is InChI=1S/C20H19N3O2/c24-18-13-15-4-1-2-5-17(15)20(18)22-19(25)12-14-6-8-16(9-7-14)23-11-3-10-21-23/h1-11,18,20,24H,12-13H2,(H,22,25)/t18-,20+/m0/s1. The molecule has 1 amide bonds. The molecular formula is C20H19N3O2. The van der Waals surface area contributed by atoms with Crippen LogP contribution in [0.4, 0.5) is 0 Å². The van der Waals surface area contributed by atoms with E-state index in [4.69, 9.17) is 0 Å². The van der Waals surface area contributed by atoms with Gasteiger partial charge in [0, 0.05) is 18.8 Å². The van der Waals surface area contributed by atoms with Crippen LogP contribution in [0.15, 0.2) is 67.0 Å². The summed E-state index contributed by atoms with van der Waals surface area (Å²) < 4.78 is 1.77. The lowest BCUT2D eigenvalue weighted by molar-refractivity contribution is -0.121. The van der Waals surface area contributed by atoms with Gasteiger partial charge in [0.15, 0.2) is 0 Å². The van der Waals surface area contributed by atoms with Crippen molar-refractivity contribution in [2.45, 2.75) is 25.0 Å². The van der Waals surface area contributed by atoms with Gasteiger partial charge in [0.2, 0.25) is 5.91 Å². The Hall–Kier alpha value is -2.92. The molecule has 1 aromatic heterocycles. The highest BCUT2D eigenvalue weighted by atomic mass is 16.3. The van der Waals surface area contributed by atoms with E-state index in [-0.39, 0.29) is 18.4 Å². The van der Waals surface area contributed by atoms with Gasteiger partial charge in [0.1, 0.15) is 0 Å². The number of carbonyl (C=O) groups is 1. The van der Waals surface area contributed by atoms with Crippen molar-refractivity contribution >= 4 is 5.91 Å². The normalized spacial score (nSPS) is 18.8. The molecule has 0 saturated carbocycles. The first kappa shape index (κ1) is 15.6. The average molecular weight is 333 g/mol. The number of amides is 1. The lowest BCUT2D eigenvalue weighted by Gasteiger charge is -2.18. The molecule has 126 valence electrons. The number of aliphatic hydroxyl groups is 1. The van der Waals surface area contributed by atoms with Crippen LogP contribution in [0.5, 0.6) is 0 Å². The van der Waals surface area contributed by atoms with E-state index in [1.54, 1.807) is 10.9 Å². The molecule has 0 fully saturated rings. The zero-order chi connectivity index (χ0) is 17.2. The van der Waals surface area contributed by atoms with Crippen LogP contribution in [0, 0.1) is 0 Å². The fourth-order valence-electron chi connectivity index (χ4n) is 3.35. The molecule has 3 aromatic rings. The zero-order valence-electron chi connectivity index (χ0n) is 13.7. The summed E-state index contributed by atoms with van der Waals surface area (Å²) >= 11 is 0. The number of nitrogens with one attached hydrogen (secondary N) is 1. The maximum atomic E-state index is 12.4. The predicted molar refractivity (Wildman–Crippen MR) is 94.3 cm³/mol. The summed E-state index contributed by atoms with van der Waals surface area (Å²) in [6.45, 7) is 0. The van der Waals surface area contributed by atoms with E-state index in [0.29, 0.717) is 6.42 Å². The van der Waals surface area contributed by atoms with Gasteiger partial charge in [-0.05, 0) is 34.9 Å². The van der Waals surface area contributed by atoms with Crippen LogP contribution in [-0.2, 0) is 17.6 Å². The second kappa shape index (κ2) is 6.53. The summed E-state index contributed by atoms with van der Waals surface area (Å²) in [4.78, 5) is 12.4. The first-order valence-electron chi connectivity index (χ1n) is 8.35. The highest BCUT2D eigenvalue weighted by molar-refractivity contribution is 5.79. The number of nitrogens with zero attached hydrogens (tertiary/aromatic N) is 2. The minimum absolute atomic E-state index is 0.0902. The Morgan fingerprint density at radius 3 is 2.72 bits per heavy atom. The lowest BCUT2D eigenvalue weighted by Crippen LogP contribution is -2.34. The van der Waals surface area contributed by atoms with E-state index in [0.717, 1.165) is 22.4 Å². The lowest BCUT2D eigenvalue weighted by atomic mass is 10.1. The van der Waals surface area contributed by atoms with Gasteiger partial charge < -0.3 is 10.4 Å². The summed E-state index contributed by atoms with van der Waals surface area (Å²) in [7, 11) is 0. The van der Waals surface area contributed by atoms with Crippen LogP contribution in [0.3, 0.4) is 0 Å².